The molecule has 1 aromatic rings. The third-order valence-corrected chi connectivity index (χ3v) is 3.82. The minimum Gasteiger partial charge on any atom is -0.481 e. The maximum Gasteiger partial charge on any atom is 0.230 e. The summed E-state index contributed by atoms with van der Waals surface area (Å²) in [5, 5.41) is 3.30. The van der Waals surface area contributed by atoms with Crippen molar-refractivity contribution in [2.45, 2.75) is 16.9 Å². The fraction of sp³-hybridized carbons (Fsp3) is 0.429. The monoisotopic (exact) mass is 381 g/mol. The van der Waals surface area contributed by atoms with Crippen LogP contribution in [0, 0.1) is 6.92 Å². The maximum atomic E-state index is 5.99. The fourth-order valence-electron chi connectivity index (χ4n) is 1.49. The lowest BCUT2D eigenvalue weighted by molar-refractivity contribution is 0.396. The van der Waals surface area contributed by atoms with E-state index in [0.717, 1.165) is 11.1 Å². The molecule has 22 heavy (non-hydrogen) atoms. The van der Waals surface area contributed by atoms with Crippen molar-refractivity contribution < 1.29 is 4.74 Å². The van der Waals surface area contributed by atoms with Gasteiger partial charge in [0.25, 0.3) is 0 Å². The molecule has 0 heterocycles. The number of hydrogen-bond acceptors (Lipinski definition) is 3. The molecule has 4 nitrogen and oxygen atoms in total. The Balaban J connectivity index is 3.11. The second-order valence-electron chi connectivity index (χ2n) is 4.79. The Morgan fingerprint density at radius 3 is 2.23 bits per heavy atom. The molecule has 1 aromatic carbocycles. The number of benzene rings is 1. The van der Waals surface area contributed by atoms with E-state index in [4.69, 9.17) is 51.8 Å². The van der Waals surface area contributed by atoms with Gasteiger partial charge in [0.15, 0.2) is 11.3 Å². The molecule has 8 heteroatoms. The third-order valence-electron chi connectivity index (χ3n) is 2.71. The van der Waals surface area contributed by atoms with E-state index < -0.39 is 9.96 Å². The largest absolute Gasteiger partial charge is 0.481 e. The predicted molar refractivity (Wildman–Crippen MR) is 98.2 cm³/mol. The number of rotatable bonds is 3. The Kier molecular flexibility index (Phi) is 7.19. The molecule has 0 aliphatic carbocycles. The first kappa shape index (κ1) is 19.3. The average molecular weight is 383 g/mol. The van der Waals surface area contributed by atoms with Crippen LogP contribution in [0.1, 0.15) is 11.1 Å². The van der Waals surface area contributed by atoms with Gasteiger partial charge in [-0.2, -0.15) is 0 Å². The van der Waals surface area contributed by atoms with Crippen LogP contribution < -0.4 is 5.32 Å². The number of aryl methyl sites for hydroxylation is 1. The van der Waals surface area contributed by atoms with E-state index in [1.807, 2.05) is 31.2 Å². The molecule has 1 N–H and O–H groups in total. The minimum atomic E-state index is -1.69. The lowest BCUT2D eigenvalue weighted by Gasteiger charge is -2.26. The summed E-state index contributed by atoms with van der Waals surface area (Å²) in [6.07, 6.45) is -0.886. The molecule has 0 saturated carbocycles. The number of aliphatic imine (C=N–C) groups is 1. The van der Waals surface area contributed by atoms with Crippen LogP contribution in [0.3, 0.4) is 0 Å². The van der Waals surface area contributed by atoms with Crippen molar-refractivity contribution in [1.29, 1.82) is 0 Å². The van der Waals surface area contributed by atoms with Crippen molar-refractivity contribution in [2.75, 3.05) is 21.2 Å². The Morgan fingerprint density at radius 2 is 1.82 bits per heavy atom. The maximum absolute atomic E-state index is 5.99. The average Bonchev–Trinajstić information content (AvgIpc) is 2.43. The van der Waals surface area contributed by atoms with Gasteiger partial charge in [0.05, 0.1) is 7.11 Å². The van der Waals surface area contributed by atoms with E-state index in [-0.39, 0.29) is 0 Å². The zero-order chi connectivity index (χ0) is 16.9. The normalized spacial score (nSPS) is 13.5. The highest BCUT2D eigenvalue weighted by Gasteiger charge is 2.34. The van der Waals surface area contributed by atoms with Crippen LogP contribution in [0.15, 0.2) is 29.3 Å². The molecule has 0 spiro atoms. The summed E-state index contributed by atoms with van der Waals surface area (Å²) in [6, 6.07) is 7.67. The first-order chi connectivity index (χ1) is 10.1. The van der Waals surface area contributed by atoms with E-state index in [9.17, 15) is 0 Å². The standard InChI is InChI=1S/C14H18Cl3N3OS/c1-9-5-7-10(8-6-9)11(21-4)18-12(14(15,16)17)19-13(22)20(2)3/h5-8,12H,1-4H3,(H,19,22). The third kappa shape index (κ3) is 5.80. The van der Waals surface area contributed by atoms with Crippen molar-refractivity contribution in [3.8, 4) is 0 Å². The summed E-state index contributed by atoms with van der Waals surface area (Å²) in [7, 11) is 5.08. The highest BCUT2D eigenvalue weighted by atomic mass is 35.6. The molecule has 0 aromatic heterocycles. The van der Waals surface area contributed by atoms with Crippen molar-refractivity contribution in [3.63, 3.8) is 0 Å². The van der Waals surface area contributed by atoms with Crippen molar-refractivity contribution in [2.24, 2.45) is 4.99 Å². The van der Waals surface area contributed by atoms with Crippen LogP contribution in [0.2, 0.25) is 0 Å². The zero-order valence-electron chi connectivity index (χ0n) is 12.7. The molecular formula is C14H18Cl3N3OS. The fourth-order valence-corrected chi connectivity index (χ4v) is 1.91. The summed E-state index contributed by atoms with van der Waals surface area (Å²) in [4.78, 5) is 6.05. The number of nitrogens with zero attached hydrogens (tertiary/aromatic N) is 2. The number of thiocarbonyl (C=S) groups is 1. The van der Waals surface area contributed by atoms with Gasteiger partial charge < -0.3 is 15.0 Å². The Hall–Kier alpha value is -0.750. The molecule has 1 unspecified atom stereocenters. The summed E-state index contributed by atoms with van der Waals surface area (Å²) < 4.78 is 3.64. The number of nitrogens with one attached hydrogen (secondary N) is 1. The summed E-state index contributed by atoms with van der Waals surface area (Å²) in [6.45, 7) is 1.99. The van der Waals surface area contributed by atoms with Gasteiger partial charge in [0.2, 0.25) is 9.69 Å². The first-order valence-electron chi connectivity index (χ1n) is 6.38. The molecule has 1 rings (SSSR count). The van der Waals surface area contributed by atoms with Crippen LogP contribution in [0.5, 0.6) is 0 Å². The van der Waals surface area contributed by atoms with Gasteiger partial charge in [-0.25, -0.2) is 4.99 Å². The predicted octanol–water partition coefficient (Wildman–Crippen LogP) is 3.52. The number of ether oxygens (including phenoxy) is 1. The molecule has 1 atom stereocenters. The Labute approximate surface area is 151 Å². The highest BCUT2D eigenvalue weighted by molar-refractivity contribution is 7.80. The number of halogens is 3. The van der Waals surface area contributed by atoms with Gasteiger partial charge in [0.1, 0.15) is 0 Å². The molecule has 0 radical (unpaired) electrons. The van der Waals surface area contributed by atoms with Gasteiger partial charge in [0, 0.05) is 19.7 Å². The van der Waals surface area contributed by atoms with E-state index in [2.05, 4.69) is 10.3 Å². The molecular weight excluding hydrogens is 365 g/mol. The van der Waals surface area contributed by atoms with Crippen LogP contribution in [-0.2, 0) is 4.74 Å². The number of hydrogen-bond donors (Lipinski definition) is 1. The lowest BCUT2D eigenvalue weighted by atomic mass is 10.1. The van der Waals surface area contributed by atoms with Crippen LogP contribution in [0.25, 0.3) is 0 Å². The lowest BCUT2D eigenvalue weighted by Crippen LogP contribution is -2.47. The van der Waals surface area contributed by atoms with E-state index in [1.165, 1.54) is 7.11 Å². The van der Waals surface area contributed by atoms with Crippen molar-refractivity contribution in [1.82, 2.24) is 10.2 Å². The molecule has 0 amide bonds. The molecule has 0 bridgehead atoms. The summed E-state index contributed by atoms with van der Waals surface area (Å²) >= 11 is 23.1. The van der Waals surface area contributed by atoms with E-state index >= 15 is 0 Å². The van der Waals surface area contributed by atoms with E-state index in [1.54, 1.807) is 19.0 Å². The minimum absolute atomic E-state index is 0.352. The second-order valence-corrected chi connectivity index (χ2v) is 7.55. The van der Waals surface area contributed by atoms with Gasteiger partial charge in [-0.05, 0) is 31.3 Å². The number of alkyl halides is 3. The second kappa shape index (κ2) is 8.20. The SMILES string of the molecule is COC(=NC(NC(=S)N(C)C)C(Cl)(Cl)Cl)c1ccc(C)cc1. The topological polar surface area (TPSA) is 36.9 Å². The van der Waals surface area contributed by atoms with Crippen LogP contribution in [-0.4, -0.2) is 47.1 Å². The van der Waals surface area contributed by atoms with Gasteiger partial charge in [-0.3, -0.25) is 0 Å². The van der Waals surface area contributed by atoms with Crippen molar-refractivity contribution in [3.05, 3.63) is 35.4 Å². The van der Waals surface area contributed by atoms with Crippen LogP contribution in [0.4, 0.5) is 0 Å². The van der Waals surface area contributed by atoms with Gasteiger partial charge >= 0.3 is 0 Å². The Morgan fingerprint density at radius 1 is 1.27 bits per heavy atom. The highest BCUT2D eigenvalue weighted by Crippen LogP contribution is 2.31. The smallest absolute Gasteiger partial charge is 0.230 e. The Bertz CT molecular complexity index is 541. The summed E-state index contributed by atoms with van der Waals surface area (Å²) in [5.74, 6) is 0.352. The quantitative estimate of drug-likeness (QED) is 0.375. The summed E-state index contributed by atoms with van der Waals surface area (Å²) in [5.41, 5.74) is 1.91. The molecule has 122 valence electrons. The van der Waals surface area contributed by atoms with Gasteiger partial charge in [-0.1, -0.05) is 52.5 Å². The number of methoxy groups -OCH3 is 1. The molecule has 0 saturated heterocycles. The van der Waals surface area contributed by atoms with E-state index in [0.29, 0.717) is 11.0 Å². The molecule has 0 aliphatic heterocycles. The molecule has 0 aliphatic rings. The zero-order valence-corrected chi connectivity index (χ0v) is 15.8. The molecule has 0 fully saturated rings. The first-order valence-corrected chi connectivity index (χ1v) is 7.92. The van der Waals surface area contributed by atoms with Crippen LogP contribution >= 0.6 is 47.0 Å². The van der Waals surface area contributed by atoms with Crippen molar-refractivity contribution >= 4 is 58.0 Å². The van der Waals surface area contributed by atoms with Gasteiger partial charge in [-0.15, -0.1) is 0 Å².